The molecule has 178 valence electrons. The lowest BCUT2D eigenvalue weighted by Crippen LogP contribution is -2.47. The van der Waals surface area contributed by atoms with Gasteiger partial charge in [-0.3, -0.25) is 9.69 Å². The number of hydrogen-bond acceptors (Lipinski definition) is 5. The molecule has 33 heavy (non-hydrogen) atoms. The highest BCUT2D eigenvalue weighted by Gasteiger charge is 2.18. The van der Waals surface area contributed by atoms with Crippen LogP contribution in [0.3, 0.4) is 0 Å². The van der Waals surface area contributed by atoms with Crippen molar-refractivity contribution >= 4 is 17.4 Å². The summed E-state index contributed by atoms with van der Waals surface area (Å²) in [5, 5.41) is 3.04. The van der Waals surface area contributed by atoms with Crippen LogP contribution in [0.5, 0.6) is 5.75 Å². The third-order valence-electron chi connectivity index (χ3n) is 6.08. The van der Waals surface area contributed by atoms with Crippen molar-refractivity contribution < 1.29 is 14.3 Å². The van der Waals surface area contributed by atoms with Crippen molar-refractivity contribution in [1.82, 2.24) is 10.2 Å². The average Bonchev–Trinajstić information content (AvgIpc) is 2.81. The van der Waals surface area contributed by atoms with Gasteiger partial charge in [0, 0.05) is 50.9 Å². The number of Topliss-reactive ketones (excluding diaryl/α,β-unsaturated/α-hetero) is 1. The van der Waals surface area contributed by atoms with E-state index in [1.807, 2.05) is 31.2 Å². The second kappa shape index (κ2) is 12.4. The van der Waals surface area contributed by atoms with Gasteiger partial charge in [0.25, 0.3) is 5.91 Å². The van der Waals surface area contributed by atoms with E-state index >= 15 is 0 Å². The highest BCUT2D eigenvalue weighted by Crippen LogP contribution is 2.18. The number of hydrogen-bond donors (Lipinski definition) is 1. The van der Waals surface area contributed by atoms with Crippen LogP contribution in [0.4, 0.5) is 5.69 Å². The first-order valence-electron chi connectivity index (χ1n) is 11.9. The zero-order valence-corrected chi connectivity index (χ0v) is 20.2. The van der Waals surface area contributed by atoms with E-state index < -0.39 is 0 Å². The smallest absolute Gasteiger partial charge is 0.258 e. The number of piperazine rings is 1. The lowest BCUT2D eigenvalue weighted by molar-refractivity contribution is -0.123. The Hall–Kier alpha value is -2.86. The second-order valence-corrected chi connectivity index (χ2v) is 9.06. The lowest BCUT2D eigenvalue weighted by Gasteiger charge is -2.36. The topological polar surface area (TPSA) is 61.9 Å². The standard InChI is InChI=1S/C27H37N3O3/c1-21-5-4-6-25(19-21)30-17-15-29(16-18-30)14-13-22(2)28-27(32)20-33-26-11-9-24(10-12-26)8-7-23(3)31/h4-6,9-12,19,22H,7-8,13-18,20H2,1-3H3,(H,28,32). The Morgan fingerprint density at radius 2 is 1.79 bits per heavy atom. The summed E-state index contributed by atoms with van der Waals surface area (Å²) in [6, 6.07) is 16.4. The number of nitrogens with zero attached hydrogens (tertiary/aromatic N) is 2. The summed E-state index contributed by atoms with van der Waals surface area (Å²) in [5.74, 6) is 0.744. The van der Waals surface area contributed by atoms with Crippen LogP contribution in [0.2, 0.25) is 0 Å². The predicted molar refractivity (Wildman–Crippen MR) is 133 cm³/mol. The Bertz CT molecular complexity index is 905. The van der Waals surface area contributed by atoms with Gasteiger partial charge in [0.2, 0.25) is 0 Å². The van der Waals surface area contributed by atoms with Crippen LogP contribution in [-0.2, 0) is 16.0 Å². The molecule has 1 N–H and O–H groups in total. The van der Waals surface area contributed by atoms with Crippen LogP contribution < -0.4 is 15.0 Å². The van der Waals surface area contributed by atoms with E-state index in [2.05, 4.69) is 46.3 Å². The summed E-state index contributed by atoms with van der Waals surface area (Å²) in [7, 11) is 0. The van der Waals surface area contributed by atoms with Gasteiger partial charge in [0.05, 0.1) is 0 Å². The molecule has 0 spiro atoms. The summed E-state index contributed by atoms with van der Waals surface area (Å²) in [6.45, 7) is 10.9. The van der Waals surface area contributed by atoms with Crippen LogP contribution in [0, 0.1) is 6.92 Å². The molecule has 2 aromatic rings. The van der Waals surface area contributed by atoms with Crippen molar-refractivity contribution in [1.29, 1.82) is 0 Å². The van der Waals surface area contributed by atoms with Crippen molar-refractivity contribution in [2.24, 2.45) is 0 Å². The molecule has 1 heterocycles. The Kier molecular flexibility index (Phi) is 9.31. The number of aryl methyl sites for hydroxylation is 2. The van der Waals surface area contributed by atoms with Gasteiger partial charge in [-0.25, -0.2) is 0 Å². The Morgan fingerprint density at radius 1 is 1.06 bits per heavy atom. The fraction of sp³-hybridized carbons (Fsp3) is 0.481. The molecule has 1 aliphatic rings. The Morgan fingerprint density at radius 3 is 2.45 bits per heavy atom. The quantitative estimate of drug-likeness (QED) is 0.566. The van der Waals surface area contributed by atoms with E-state index in [9.17, 15) is 9.59 Å². The average molecular weight is 452 g/mol. The number of amides is 1. The minimum absolute atomic E-state index is 0.00625. The molecule has 6 nitrogen and oxygen atoms in total. The molecule has 1 amide bonds. The molecule has 0 aliphatic carbocycles. The van der Waals surface area contributed by atoms with E-state index in [0.29, 0.717) is 12.2 Å². The molecule has 0 saturated carbocycles. The molecule has 1 atom stereocenters. The predicted octanol–water partition coefficient (Wildman–Crippen LogP) is 3.61. The number of rotatable bonds is 11. The van der Waals surface area contributed by atoms with Crippen LogP contribution in [-0.4, -0.2) is 62.0 Å². The van der Waals surface area contributed by atoms with Gasteiger partial charge in [-0.2, -0.15) is 0 Å². The molecular weight excluding hydrogens is 414 g/mol. The largest absolute Gasteiger partial charge is 0.484 e. The van der Waals surface area contributed by atoms with Crippen LogP contribution in [0.15, 0.2) is 48.5 Å². The first-order chi connectivity index (χ1) is 15.9. The number of nitrogens with one attached hydrogen (secondary N) is 1. The minimum Gasteiger partial charge on any atom is -0.484 e. The molecule has 0 radical (unpaired) electrons. The number of ketones is 1. The molecule has 0 aromatic heterocycles. The maximum Gasteiger partial charge on any atom is 0.258 e. The zero-order valence-electron chi connectivity index (χ0n) is 20.2. The van der Waals surface area contributed by atoms with Crippen molar-refractivity contribution in [3.63, 3.8) is 0 Å². The van der Waals surface area contributed by atoms with Crippen molar-refractivity contribution in [3.8, 4) is 5.75 Å². The van der Waals surface area contributed by atoms with E-state index in [1.54, 1.807) is 6.92 Å². The fourth-order valence-corrected chi connectivity index (χ4v) is 4.04. The van der Waals surface area contributed by atoms with Crippen LogP contribution in [0.25, 0.3) is 0 Å². The van der Waals surface area contributed by atoms with Crippen LogP contribution >= 0.6 is 0 Å². The third kappa shape index (κ3) is 8.54. The highest BCUT2D eigenvalue weighted by atomic mass is 16.5. The molecule has 1 fully saturated rings. The van der Waals surface area contributed by atoms with E-state index in [0.717, 1.165) is 51.1 Å². The number of benzene rings is 2. The van der Waals surface area contributed by atoms with Gasteiger partial charge in [-0.05, 0) is 69.0 Å². The molecule has 2 aromatic carbocycles. The van der Waals surface area contributed by atoms with Gasteiger partial charge in [-0.1, -0.05) is 24.3 Å². The first-order valence-corrected chi connectivity index (χ1v) is 11.9. The number of carbonyl (C=O) groups is 2. The zero-order chi connectivity index (χ0) is 23.6. The summed E-state index contributed by atoms with van der Waals surface area (Å²) >= 11 is 0. The summed E-state index contributed by atoms with van der Waals surface area (Å²) in [6.07, 6.45) is 2.19. The van der Waals surface area contributed by atoms with Crippen molar-refractivity contribution in [3.05, 3.63) is 59.7 Å². The van der Waals surface area contributed by atoms with E-state index in [1.165, 1.54) is 11.3 Å². The summed E-state index contributed by atoms with van der Waals surface area (Å²) < 4.78 is 5.61. The third-order valence-corrected chi connectivity index (χ3v) is 6.08. The second-order valence-electron chi connectivity index (χ2n) is 9.06. The van der Waals surface area contributed by atoms with Gasteiger partial charge in [0.1, 0.15) is 11.5 Å². The number of ether oxygens (including phenoxy) is 1. The highest BCUT2D eigenvalue weighted by molar-refractivity contribution is 5.77. The van der Waals surface area contributed by atoms with Crippen LogP contribution in [0.1, 0.15) is 37.8 Å². The molecule has 1 unspecified atom stereocenters. The molecular formula is C27H37N3O3. The first kappa shape index (κ1) is 24.8. The monoisotopic (exact) mass is 451 g/mol. The van der Waals surface area contributed by atoms with Crippen molar-refractivity contribution in [2.45, 2.75) is 46.1 Å². The molecule has 0 bridgehead atoms. The van der Waals surface area contributed by atoms with Gasteiger partial charge >= 0.3 is 0 Å². The Balaban J connectivity index is 1.31. The van der Waals surface area contributed by atoms with Gasteiger partial charge < -0.3 is 19.7 Å². The molecule has 1 aliphatic heterocycles. The van der Waals surface area contributed by atoms with Gasteiger partial charge in [-0.15, -0.1) is 0 Å². The summed E-state index contributed by atoms with van der Waals surface area (Å²) in [4.78, 5) is 28.3. The van der Waals surface area contributed by atoms with E-state index in [4.69, 9.17) is 4.74 Å². The van der Waals surface area contributed by atoms with Gasteiger partial charge in [0.15, 0.2) is 6.61 Å². The minimum atomic E-state index is -0.104. The normalized spacial score (nSPS) is 15.2. The maximum absolute atomic E-state index is 12.3. The molecule has 3 rings (SSSR count). The SMILES string of the molecule is CC(=O)CCc1ccc(OCC(=O)NC(C)CCN2CCN(c3cccc(C)c3)CC2)cc1. The number of anilines is 1. The summed E-state index contributed by atoms with van der Waals surface area (Å²) in [5.41, 5.74) is 3.70. The molecule has 1 saturated heterocycles. The number of carbonyl (C=O) groups excluding carboxylic acids is 2. The lowest BCUT2D eigenvalue weighted by atomic mass is 10.1. The maximum atomic E-state index is 12.3. The fourth-order valence-electron chi connectivity index (χ4n) is 4.04. The molecule has 6 heteroatoms. The van der Waals surface area contributed by atoms with Crippen molar-refractivity contribution in [2.75, 3.05) is 44.2 Å². The van der Waals surface area contributed by atoms with E-state index in [-0.39, 0.29) is 24.3 Å². The Labute approximate surface area is 197 Å².